The molecule has 0 aromatic carbocycles. The quantitative estimate of drug-likeness (QED) is 0.597. The molecule has 1 aliphatic carbocycles. The second-order valence-electron chi connectivity index (χ2n) is 6.02. The summed E-state index contributed by atoms with van der Waals surface area (Å²) in [6.45, 7) is 2.69. The lowest BCUT2D eigenvalue weighted by Crippen LogP contribution is -2.42. The van der Waals surface area contributed by atoms with Crippen LogP contribution in [0.1, 0.15) is 51.4 Å². The van der Waals surface area contributed by atoms with Crippen LogP contribution < -0.4 is 0 Å². The van der Waals surface area contributed by atoms with Crippen molar-refractivity contribution in [2.45, 2.75) is 57.4 Å². The van der Waals surface area contributed by atoms with E-state index in [0.29, 0.717) is 18.1 Å². The lowest BCUT2D eigenvalue weighted by Gasteiger charge is -2.37. The molecule has 100 valence electrons. The summed E-state index contributed by atoms with van der Waals surface area (Å²) in [7, 11) is 0. The van der Waals surface area contributed by atoms with Gasteiger partial charge in [0.1, 0.15) is 0 Å². The van der Waals surface area contributed by atoms with Crippen molar-refractivity contribution in [1.29, 1.82) is 0 Å². The van der Waals surface area contributed by atoms with E-state index in [2.05, 4.69) is 17.5 Å². The third-order valence-corrected chi connectivity index (χ3v) is 5.42. The van der Waals surface area contributed by atoms with Crippen molar-refractivity contribution in [3.63, 3.8) is 0 Å². The summed E-state index contributed by atoms with van der Waals surface area (Å²) in [4.78, 5) is 2.53. The van der Waals surface area contributed by atoms with Gasteiger partial charge in [0.2, 0.25) is 0 Å². The normalized spacial score (nSPS) is 30.4. The third-order valence-electron chi connectivity index (χ3n) is 4.75. The van der Waals surface area contributed by atoms with Gasteiger partial charge in [-0.2, -0.15) is 12.6 Å². The molecule has 0 amide bonds. The van der Waals surface area contributed by atoms with Crippen molar-refractivity contribution < 1.29 is 5.11 Å². The minimum atomic E-state index is 0.336. The number of thiol groups is 1. The zero-order valence-corrected chi connectivity index (χ0v) is 11.8. The second kappa shape index (κ2) is 6.44. The number of hydrogen-bond donors (Lipinski definition) is 2. The van der Waals surface area contributed by atoms with Gasteiger partial charge in [0.05, 0.1) is 6.61 Å². The molecule has 1 unspecified atom stereocenters. The molecule has 17 heavy (non-hydrogen) atoms. The Morgan fingerprint density at radius 1 is 1.12 bits per heavy atom. The summed E-state index contributed by atoms with van der Waals surface area (Å²) in [5.74, 6) is 1.02. The third kappa shape index (κ3) is 3.39. The lowest BCUT2D eigenvalue weighted by atomic mass is 9.81. The maximum absolute atomic E-state index is 9.42. The summed E-state index contributed by atoms with van der Waals surface area (Å²) in [5, 5.41) is 9.42. The van der Waals surface area contributed by atoms with E-state index in [0.717, 1.165) is 5.75 Å². The van der Waals surface area contributed by atoms with E-state index < -0.39 is 0 Å². The SMILES string of the molecule is OCC1CCCN1CC1(CS)CCCCCC1. The van der Waals surface area contributed by atoms with Crippen molar-refractivity contribution in [2.75, 3.05) is 25.4 Å². The zero-order valence-electron chi connectivity index (χ0n) is 10.9. The van der Waals surface area contributed by atoms with E-state index in [1.54, 1.807) is 0 Å². The van der Waals surface area contributed by atoms with Gasteiger partial charge in [-0.1, -0.05) is 25.7 Å². The van der Waals surface area contributed by atoms with Crippen LogP contribution >= 0.6 is 12.6 Å². The fourth-order valence-electron chi connectivity index (χ4n) is 3.59. The Balaban J connectivity index is 1.97. The Hall–Kier alpha value is 0.270. The molecule has 3 heteroatoms. The summed E-state index contributed by atoms with van der Waals surface area (Å²) in [5.41, 5.74) is 0.428. The van der Waals surface area contributed by atoms with E-state index in [-0.39, 0.29) is 0 Å². The van der Waals surface area contributed by atoms with Gasteiger partial charge in [-0.05, 0) is 43.4 Å². The van der Waals surface area contributed by atoms with Gasteiger partial charge >= 0.3 is 0 Å². The van der Waals surface area contributed by atoms with Crippen molar-refractivity contribution in [3.05, 3.63) is 0 Å². The molecule has 1 saturated heterocycles. The molecule has 2 rings (SSSR count). The van der Waals surface area contributed by atoms with Crippen LogP contribution in [0.4, 0.5) is 0 Å². The second-order valence-corrected chi connectivity index (χ2v) is 6.34. The molecule has 0 radical (unpaired) electrons. The molecular weight excluding hydrogens is 230 g/mol. The first-order chi connectivity index (χ1) is 8.29. The van der Waals surface area contributed by atoms with Gasteiger partial charge in [-0.3, -0.25) is 4.90 Å². The Labute approximate surface area is 111 Å². The van der Waals surface area contributed by atoms with Crippen LogP contribution in [0.15, 0.2) is 0 Å². The number of hydrogen-bond acceptors (Lipinski definition) is 3. The number of rotatable bonds is 4. The minimum Gasteiger partial charge on any atom is -0.395 e. The van der Waals surface area contributed by atoms with Crippen molar-refractivity contribution in [3.8, 4) is 0 Å². The molecule has 0 aromatic heterocycles. The number of likely N-dealkylation sites (tertiary alicyclic amines) is 1. The predicted octanol–water partition coefficient (Wildman–Crippen LogP) is 2.71. The van der Waals surface area contributed by atoms with E-state index in [1.807, 2.05) is 0 Å². The topological polar surface area (TPSA) is 23.5 Å². The first-order valence-corrected chi connectivity index (χ1v) is 7.89. The average Bonchev–Trinajstić information content (AvgIpc) is 2.66. The molecule has 0 aromatic rings. The van der Waals surface area contributed by atoms with Crippen LogP contribution in [0, 0.1) is 5.41 Å². The van der Waals surface area contributed by atoms with Gasteiger partial charge in [0, 0.05) is 12.6 Å². The van der Waals surface area contributed by atoms with Gasteiger partial charge in [-0.25, -0.2) is 0 Å². The van der Waals surface area contributed by atoms with E-state index >= 15 is 0 Å². The van der Waals surface area contributed by atoms with Crippen LogP contribution in [0.5, 0.6) is 0 Å². The molecule has 2 fully saturated rings. The van der Waals surface area contributed by atoms with Crippen LogP contribution in [-0.4, -0.2) is 41.5 Å². The zero-order chi connectivity index (χ0) is 12.1. The van der Waals surface area contributed by atoms with Crippen LogP contribution in [0.2, 0.25) is 0 Å². The monoisotopic (exact) mass is 257 g/mol. The highest BCUT2D eigenvalue weighted by Crippen LogP contribution is 2.38. The van der Waals surface area contributed by atoms with E-state index in [1.165, 1.54) is 64.5 Å². The molecule has 0 spiro atoms. The summed E-state index contributed by atoms with van der Waals surface area (Å²) < 4.78 is 0. The van der Waals surface area contributed by atoms with Gasteiger partial charge in [0.25, 0.3) is 0 Å². The molecule has 1 heterocycles. The molecule has 0 bridgehead atoms. The van der Waals surface area contributed by atoms with E-state index in [4.69, 9.17) is 0 Å². The average molecular weight is 257 g/mol. The summed E-state index contributed by atoms with van der Waals surface area (Å²) in [6.07, 6.45) is 10.7. The molecule has 2 aliphatic rings. The minimum absolute atomic E-state index is 0.336. The Kier molecular flexibility index (Phi) is 5.19. The summed E-state index contributed by atoms with van der Waals surface area (Å²) in [6, 6.07) is 0.426. The Morgan fingerprint density at radius 3 is 2.41 bits per heavy atom. The van der Waals surface area contributed by atoms with Gasteiger partial charge < -0.3 is 5.11 Å². The maximum Gasteiger partial charge on any atom is 0.0586 e. The Bertz CT molecular complexity index is 226. The highest BCUT2D eigenvalue weighted by Gasteiger charge is 2.35. The molecular formula is C14H27NOS. The number of aliphatic hydroxyl groups excluding tert-OH is 1. The van der Waals surface area contributed by atoms with Crippen LogP contribution in [0.3, 0.4) is 0 Å². The predicted molar refractivity (Wildman–Crippen MR) is 75.7 cm³/mol. The standard InChI is InChI=1S/C14H27NOS/c16-10-13-6-5-9-15(13)11-14(12-17)7-3-1-2-4-8-14/h13,16-17H,1-12H2. The number of nitrogens with zero attached hydrogens (tertiary/aromatic N) is 1. The first kappa shape index (κ1) is 13.7. The fraction of sp³-hybridized carbons (Fsp3) is 1.00. The van der Waals surface area contributed by atoms with Gasteiger partial charge in [0.15, 0.2) is 0 Å². The Morgan fingerprint density at radius 2 is 1.82 bits per heavy atom. The first-order valence-electron chi connectivity index (χ1n) is 7.25. The smallest absolute Gasteiger partial charge is 0.0586 e. The highest BCUT2D eigenvalue weighted by molar-refractivity contribution is 7.80. The maximum atomic E-state index is 9.42. The van der Waals surface area contributed by atoms with Crippen molar-refractivity contribution in [1.82, 2.24) is 4.90 Å². The van der Waals surface area contributed by atoms with E-state index in [9.17, 15) is 5.11 Å². The van der Waals surface area contributed by atoms with Crippen LogP contribution in [-0.2, 0) is 0 Å². The molecule has 1 saturated carbocycles. The fourth-order valence-corrected chi connectivity index (χ4v) is 4.00. The summed E-state index contributed by atoms with van der Waals surface area (Å²) >= 11 is 4.64. The van der Waals surface area contributed by atoms with Crippen molar-refractivity contribution in [2.24, 2.45) is 5.41 Å². The number of aliphatic hydroxyl groups is 1. The largest absolute Gasteiger partial charge is 0.395 e. The van der Waals surface area contributed by atoms with Crippen LogP contribution in [0.25, 0.3) is 0 Å². The molecule has 1 atom stereocenters. The highest BCUT2D eigenvalue weighted by atomic mass is 32.1. The molecule has 1 N–H and O–H groups in total. The molecule has 2 nitrogen and oxygen atoms in total. The van der Waals surface area contributed by atoms with Crippen molar-refractivity contribution >= 4 is 12.6 Å². The molecule has 1 aliphatic heterocycles. The lowest BCUT2D eigenvalue weighted by molar-refractivity contribution is 0.103. The van der Waals surface area contributed by atoms with Gasteiger partial charge in [-0.15, -0.1) is 0 Å².